The van der Waals surface area contributed by atoms with Crippen LogP contribution in [0, 0.1) is 0 Å². The second kappa shape index (κ2) is 6.89. The first kappa shape index (κ1) is 18.9. The van der Waals surface area contributed by atoms with Gasteiger partial charge in [-0.2, -0.15) is 10.1 Å². The zero-order valence-corrected chi connectivity index (χ0v) is 16.7. The first-order valence-electron chi connectivity index (χ1n) is 8.66. The fourth-order valence-electron chi connectivity index (χ4n) is 3.24. The average Bonchev–Trinajstić information content (AvgIpc) is 3.11. The number of nitrogens with zero attached hydrogens (tertiary/aromatic N) is 6. The van der Waals surface area contributed by atoms with Crippen LogP contribution in [-0.4, -0.2) is 44.0 Å². The van der Waals surface area contributed by atoms with Crippen molar-refractivity contribution in [2.45, 2.75) is 6.54 Å². The Morgan fingerprint density at radius 3 is 2.52 bits per heavy atom. The molecule has 2 aromatic heterocycles. The van der Waals surface area contributed by atoms with Crippen LogP contribution < -0.4 is 16.3 Å². The van der Waals surface area contributed by atoms with Crippen molar-refractivity contribution in [2.24, 2.45) is 19.2 Å². The standard InChI is InChI=1S/C18H17ClN6O4/c1-22-15-14(16(27)23(2)18(22)28)24-8-12(10-4-6-11(19)7-5-10)21-25(17(24)20-15)9-13(26)29-3/h4-7H,8-9H2,1-3H3. The van der Waals surface area contributed by atoms with E-state index in [0.29, 0.717) is 10.7 Å². The maximum Gasteiger partial charge on any atom is 0.332 e. The number of esters is 1. The predicted molar refractivity (Wildman–Crippen MR) is 108 cm³/mol. The number of benzene rings is 1. The smallest absolute Gasteiger partial charge is 0.332 e. The summed E-state index contributed by atoms with van der Waals surface area (Å²) in [6.45, 7) is 0.0315. The number of ether oxygens (including phenoxy) is 1. The first-order valence-corrected chi connectivity index (χ1v) is 9.03. The van der Waals surface area contributed by atoms with Crippen molar-refractivity contribution in [1.29, 1.82) is 0 Å². The second-order valence-corrected chi connectivity index (χ2v) is 7.00. The van der Waals surface area contributed by atoms with Crippen molar-refractivity contribution in [3.63, 3.8) is 0 Å². The maximum atomic E-state index is 12.8. The summed E-state index contributed by atoms with van der Waals surface area (Å²) < 4.78 is 8.72. The molecule has 1 aliphatic heterocycles. The van der Waals surface area contributed by atoms with Gasteiger partial charge in [0.2, 0.25) is 5.95 Å². The highest BCUT2D eigenvalue weighted by atomic mass is 35.5. The molecule has 0 amide bonds. The Hall–Kier alpha value is -3.40. The summed E-state index contributed by atoms with van der Waals surface area (Å²) in [6, 6.07) is 7.06. The molecule has 1 aliphatic rings. The van der Waals surface area contributed by atoms with E-state index >= 15 is 0 Å². The molecular formula is C18H17ClN6O4. The summed E-state index contributed by atoms with van der Waals surface area (Å²) >= 11 is 5.98. The van der Waals surface area contributed by atoms with Gasteiger partial charge in [0.25, 0.3) is 5.56 Å². The van der Waals surface area contributed by atoms with Crippen LogP contribution in [0.25, 0.3) is 11.2 Å². The van der Waals surface area contributed by atoms with Crippen molar-refractivity contribution >= 4 is 40.4 Å². The molecule has 0 aliphatic carbocycles. The number of aryl methyl sites for hydroxylation is 1. The lowest BCUT2D eigenvalue weighted by Gasteiger charge is -2.25. The van der Waals surface area contributed by atoms with E-state index in [4.69, 9.17) is 16.3 Å². The minimum Gasteiger partial charge on any atom is -0.468 e. The number of carbonyl (C=O) groups is 1. The van der Waals surface area contributed by atoms with Gasteiger partial charge in [0.15, 0.2) is 11.2 Å². The summed E-state index contributed by atoms with van der Waals surface area (Å²) in [5.74, 6) is -0.243. The zero-order chi connectivity index (χ0) is 20.9. The van der Waals surface area contributed by atoms with Gasteiger partial charge in [-0.05, 0) is 17.7 Å². The Balaban J connectivity index is 1.96. The molecule has 29 heavy (non-hydrogen) atoms. The van der Waals surface area contributed by atoms with E-state index in [1.54, 1.807) is 28.8 Å². The van der Waals surface area contributed by atoms with Crippen LogP contribution in [0.15, 0.2) is 39.0 Å². The Morgan fingerprint density at radius 2 is 1.86 bits per heavy atom. The summed E-state index contributed by atoms with van der Waals surface area (Å²) in [5.41, 5.74) is 0.886. The third-order valence-electron chi connectivity index (χ3n) is 4.79. The number of methoxy groups -OCH3 is 1. The van der Waals surface area contributed by atoms with Crippen molar-refractivity contribution in [3.8, 4) is 0 Å². The van der Waals surface area contributed by atoms with Crippen molar-refractivity contribution in [2.75, 3.05) is 18.7 Å². The van der Waals surface area contributed by atoms with Crippen LogP contribution >= 0.6 is 11.6 Å². The van der Waals surface area contributed by atoms with Gasteiger partial charge >= 0.3 is 11.7 Å². The second-order valence-electron chi connectivity index (χ2n) is 6.56. The Bertz CT molecular complexity index is 1280. The van der Waals surface area contributed by atoms with Crippen LogP contribution in [0.5, 0.6) is 0 Å². The van der Waals surface area contributed by atoms with Gasteiger partial charge in [0.05, 0.1) is 19.4 Å². The molecule has 0 spiro atoms. The molecule has 0 radical (unpaired) electrons. The van der Waals surface area contributed by atoms with E-state index < -0.39 is 17.2 Å². The molecule has 3 heterocycles. The van der Waals surface area contributed by atoms with Gasteiger partial charge in [-0.25, -0.2) is 9.80 Å². The van der Waals surface area contributed by atoms with Crippen molar-refractivity contribution in [1.82, 2.24) is 18.7 Å². The highest BCUT2D eigenvalue weighted by Crippen LogP contribution is 2.25. The molecule has 3 aromatic rings. The number of fused-ring (bicyclic) bond motifs is 3. The van der Waals surface area contributed by atoms with E-state index in [9.17, 15) is 14.4 Å². The van der Waals surface area contributed by atoms with E-state index in [2.05, 4.69) is 10.1 Å². The minimum atomic E-state index is -0.522. The normalized spacial score (nSPS) is 13.4. The highest BCUT2D eigenvalue weighted by molar-refractivity contribution is 6.30. The van der Waals surface area contributed by atoms with Gasteiger partial charge in [-0.1, -0.05) is 23.7 Å². The van der Waals surface area contributed by atoms with Crippen molar-refractivity contribution < 1.29 is 9.53 Å². The molecule has 10 nitrogen and oxygen atoms in total. The molecule has 150 valence electrons. The van der Waals surface area contributed by atoms with E-state index in [1.807, 2.05) is 0 Å². The van der Waals surface area contributed by atoms with E-state index in [1.165, 1.54) is 30.8 Å². The third-order valence-corrected chi connectivity index (χ3v) is 5.04. The lowest BCUT2D eigenvalue weighted by Crippen LogP contribution is -2.38. The van der Waals surface area contributed by atoms with Crippen LogP contribution in [-0.2, 0) is 30.2 Å². The molecular weight excluding hydrogens is 400 g/mol. The lowest BCUT2D eigenvalue weighted by molar-refractivity contribution is -0.139. The van der Waals surface area contributed by atoms with Crippen LogP contribution in [0.4, 0.5) is 5.95 Å². The number of hydrazone groups is 1. The molecule has 1 aromatic carbocycles. The summed E-state index contributed by atoms with van der Waals surface area (Å²) in [5, 5.41) is 6.48. The predicted octanol–water partition coefficient (Wildman–Crippen LogP) is 0.484. The van der Waals surface area contributed by atoms with E-state index in [0.717, 1.165) is 10.1 Å². The van der Waals surface area contributed by atoms with Crippen LogP contribution in [0.3, 0.4) is 0 Å². The topological polar surface area (TPSA) is 104 Å². The molecule has 0 atom stereocenters. The molecule has 0 saturated carbocycles. The van der Waals surface area contributed by atoms with Gasteiger partial charge in [0.1, 0.15) is 6.54 Å². The zero-order valence-electron chi connectivity index (χ0n) is 15.9. The maximum absolute atomic E-state index is 12.8. The number of halogens is 1. The number of carbonyl (C=O) groups excluding carboxylic acids is 1. The Labute approximate surface area is 169 Å². The molecule has 0 bridgehead atoms. The molecule has 0 N–H and O–H groups in total. The number of rotatable bonds is 3. The van der Waals surface area contributed by atoms with Gasteiger partial charge < -0.3 is 4.74 Å². The summed E-state index contributed by atoms with van der Waals surface area (Å²) in [7, 11) is 4.22. The molecule has 0 fully saturated rings. The monoisotopic (exact) mass is 416 g/mol. The lowest BCUT2D eigenvalue weighted by atomic mass is 10.1. The Kier molecular flexibility index (Phi) is 4.50. The van der Waals surface area contributed by atoms with Gasteiger partial charge in [0, 0.05) is 19.1 Å². The average molecular weight is 417 g/mol. The minimum absolute atomic E-state index is 0.203. The van der Waals surface area contributed by atoms with Gasteiger partial charge in [-0.15, -0.1) is 0 Å². The number of imidazole rings is 1. The molecule has 0 saturated heterocycles. The number of hydrogen-bond donors (Lipinski definition) is 0. The van der Waals surface area contributed by atoms with Crippen molar-refractivity contribution in [3.05, 3.63) is 55.7 Å². The SMILES string of the molecule is COC(=O)CN1N=C(c2ccc(Cl)cc2)Cn2c1nc1c2c(=O)n(C)c(=O)n1C. The number of aromatic nitrogens is 4. The fraction of sp³-hybridized carbons (Fsp3) is 0.278. The largest absolute Gasteiger partial charge is 0.468 e. The summed E-state index contributed by atoms with van der Waals surface area (Å²) in [4.78, 5) is 41.5. The summed E-state index contributed by atoms with van der Waals surface area (Å²) in [6.07, 6.45) is 0. The fourth-order valence-corrected chi connectivity index (χ4v) is 3.36. The Morgan fingerprint density at radius 1 is 1.17 bits per heavy atom. The highest BCUT2D eigenvalue weighted by Gasteiger charge is 2.29. The van der Waals surface area contributed by atoms with Crippen LogP contribution in [0.1, 0.15) is 5.56 Å². The molecule has 4 rings (SSSR count). The number of anilines is 1. The quantitative estimate of drug-likeness (QED) is 0.575. The first-order chi connectivity index (χ1) is 13.8. The number of hydrogen-bond acceptors (Lipinski definition) is 7. The third kappa shape index (κ3) is 3.01. The van der Waals surface area contributed by atoms with Gasteiger partial charge in [-0.3, -0.25) is 23.3 Å². The van der Waals surface area contributed by atoms with E-state index in [-0.39, 0.29) is 30.2 Å². The van der Waals surface area contributed by atoms with Crippen LogP contribution in [0.2, 0.25) is 5.02 Å². The molecule has 0 unspecified atom stereocenters. The molecule has 11 heteroatoms.